The Morgan fingerprint density at radius 1 is 1.00 bits per heavy atom. The molecule has 0 atom stereocenters. The van der Waals surface area contributed by atoms with Crippen molar-refractivity contribution < 1.29 is 4.39 Å². The molecule has 4 aromatic rings. The Morgan fingerprint density at radius 3 is 2.71 bits per heavy atom. The van der Waals surface area contributed by atoms with Crippen molar-refractivity contribution in [1.29, 1.82) is 0 Å². The van der Waals surface area contributed by atoms with Gasteiger partial charge in [0.05, 0.1) is 11.7 Å². The van der Waals surface area contributed by atoms with Gasteiger partial charge < -0.3 is 5.32 Å². The molecule has 0 saturated carbocycles. The van der Waals surface area contributed by atoms with Crippen LogP contribution in [0.1, 0.15) is 0 Å². The molecule has 102 valence electrons. The number of nitrogens with zero attached hydrogens (tertiary/aromatic N) is 2. The number of hydrogen-bond donors (Lipinski definition) is 2. The number of aromatic amines is 1. The zero-order valence-corrected chi connectivity index (χ0v) is 11.0. The van der Waals surface area contributed by atoms with Gasteiger partial charge in [-0.1, -0.05) is 18.2 Å². The van der Waals surface area contributed by atoms with E-state index in [-0.39, 0.29) is 5.82 Å². The van der Waals surface area contributed by atoms with Crippen molar-refractivity contribution in [2.75, 3.05) is 5.32 Å². The lowest BCUT2D eigenvalue weighted by molar-refractivity contribution is 0.629. The highest BCUT2D eigenvalue weighted by molar-refractivity contribution is 6.08. The van der Waals surface area contributed by atoms with E-state index in [9.17, 15) is 4.39 Å². The summed E-state index contributed by atoms with van der Waals surface area (Å²) in [6.45, 7) is 0. The molecule has 0 bridgehead atoms. The van der Waals surface area contributed by atoms with Crippen LogP contribution >= 0.6 is 0 Å². The van der Waals surface area contributed by atoms with Gasteiger partial charge in [-0.3, -0.25) is 5.10 Å². The van der Waals surface area contributed by atoms with Gasteiger partial charge in [0.25, 0.3) is 0 Å². The SMILES string of the molecule is Fc1ccc2nc(Nc3ccccc3)c3[nH]ncc3c2c1. The van der Waals surface area contributed by atoms with Crippen LogP contribution in [0.4, 0.5) is 15.9 Å². The highest BCUT2D eigenvalue weighted by atomic mass is 19.1. The number of anilines is 2. The number of nitrogens with one attached hydrogen (secondary N) is 2. The van der Waals surface area contributed by atoms with E-state index in [1.54, 1.807) is 12.3 Å². The minimum atomic E-state index is -0.282. The number of fused-ring (bicyclic) bond motifs is 3. The third-order valence-corrected chi connectivity index (χ3v) is 3.39. The van der Waals surface area contributed by atoms with Crippen LogP contribution in [0.2, 0.25) is 0 Å². The molecule has 0 aliphatic rings. The fourth-order valence-corrected chi connectivity index (χ4v) is 2.42. The number of pyridine rings is 1. The Labute approximate surface area is 119 Å². The summed E-state index contributed by atoms with van der Waals surface area (Å²) in [6.07, 6.45) is 1.69. The molecule has 0 fully saturated rings. The molecule has 0 radical (unpaired) electrons. The normalized spacial score (nSPS) is 11.1. The van der Waals surface area contributed by atoms with Crippen LogP contribution in [0.3, 0.4) is 0 Å². The Bertz CT molecular complexity index is 931. The first-order valence-electron chi connectivity index (χ1n) is 6.56. The summed E-state index contributed by atoms with van der Waals surface area (Å²) in [6, 6.07) is 14.3. The van der Waals surface area contributed by atoms with E-state index in [0.717, 1.165) is 27.5 Å². The van der Waals surface area contributed by atoms with Crippen molar-refractivity contribution in [2.24, 2.45) is 0 Å². The molecule has 2 N–H and O–H groups in total. The van der Waals surface area contributed by atoms with E-state index in [1.807, 2.05) is 30.3 Å². The number of aromatic nitrogens is 3. The van der Waals surface area contributed by atoms with E-state index in [0.29, 0.717) is 5.82 Å². The molecule has 21 heavy (non-hydrogen) atoms. The predicted octanol–water partition coefficient (Wildman–Crippen LogP) is 3.99. The predicted molar refractivity (Wildman–Crippen MR) is 81.1 cm³/mol. The quantitative estimate of drug-likeness (QED) is 0.583. The Balaban J connectivity index is 1.95. The molecule has 2 aromatic carbocycles. The zero-order chi connectivity index (χ0) is 14.2. The van der Waals surface area contributed by atoms with Crippen molar-refractivity contribution in [3.63, 3.8) is 0 Å². The average Bonchev–Trinajstić information content (AvgIpc) is 2.99. The molecule has 5 heteroatoms. The standard InChI is InChI=1S/C16H11FN4/c17-10-6-7-14-12(8-10)13-9-18-21-15(13)16(20-14)19-11-4-2-1-3-5-11/h1-9H,(H,18,21)(H,19,20). The zero-order valence-electron chi connectivity index (χ0n) is 11.0. The van der Waals surface area contributed by atoms with Gasteiger partial charge in [0.15, 0.2) is 5.82 Å². The van der Waals surface area contributed by atoms with Crippen LogP contribution in [0, 0.1) is 5.82 Å². The molecule has 4 nitrogen and oxygen atoms in total. The number of halogens is 1. The van der Waals surface area contributed by atoms with Crippen LogP contribution in [-0.2, 0) is 0 Å². The summed E-state index contributed by atoms with van der Waals surface area (Å²) in [7, 11) is 0. The van der Waals surface area contributed by atoms with Gasteiger partial charge in [-0.2, -0.15) is 5.10 Å². The highest BCUT2D eigenvalue weighted by Crippen LogP contribution is 2.29. The maximum Gasteiger partial charge on any atom is 0.157 e. The van der Waals surface area contributed by atoms with Crippen LogP contribution in [0.25, 0.3) is 21.8 Å². The Hall–Kier alpha value is -2.95. The fourth-order valence-electron chi connectivity index (χ4n) is 2.42. The van der Waals surface area contributed by atoms with Gasteiger partial charge in [-0.25, -0.2) is 9.37 Å². The molecule has 2 aromatic heterocycles. The van der Waals surface area contributed by atoms with Crippen LogP contribution in [-0.4, -0.2) is 15.2 Å². The van der Waals surface area contributed by atoms with Crippen LogP contribution in [0.15, 0.2) is 54.7 Å². The molecule has 0 saturated heterocycles. The number of para-hydroxylation sites is 1. The van der Waals surface area contributed by atoms with E-state index in [4.69, 9.17) is 0 Å². The molecule has 0 aliphatic carbocycles. The summed E-state index contributed by atoms with van der Waals surface area (Å²) < 4.78 is 13.4. The van der Waals surface area contributed by atoms with E-state index in [2.05, 4.69) is 20.5 Å². The van der Waals surface area contributed by atoms with E-state index in [1.165, 1.54) is 12.1 Å². The molecule has 0 amide bonds. The van der Waals surface area contributed by atoms with Crippen LogP contribution in [0.5, 0.6) is 0 Å². The largest absolute Gasteiger partial charge is 0.338 e. The lowest BCUT2D eigenvalue weighted by Crippen LogP contribution is -1.96. The second-order valence-electron chi connectivity index (χ2n) is 4.77. The topological polar surface area (TPSA) is 53.6 Å². The molecule has 0 unspecified atom stereocenters. The summed E-state index contributed by atoms with van der Waals surface area (Å²) in [4.78, 5) is 4.56. The second kappa shape index (κ2) is 4.56. The Kier molecular flexibility index (Phi) is 2.57. The number of rotatable bonds is 2. The Morgan fingerprint density at radius 2 is 1.86 bits per heavy atom. The van der Waals surface area contributed by atoms with Gasteiger partial charge in [-0.05, 0) is 30.3 Å². The summed E-state index contributed by atoms with van der Waals surface area (Å²) >= 11 is 0. The number of H-pyrrole nitrogens is 1. The molecule has 0 aliphatic heterocycles. The fraction of sp³-hybridized carbons (Fsp3) is 0. The summed E-state index contributed by atoms with van der Waals surface area (Å²) in [5, 5.41) is 11.8. The van der Waals surface area contributed by atoms with Crippen molar-refractivity contribution in [1.82, 2.24) is 15.2 Å². The van der Waals surface area contributed by atoms with E-state index >= 15 is 0 Å². The smallest absolute Gasteiger partial charge is 0.157 e. The van der Waals surface area contributed by atoms with Gasteiger partial charge in [0.2, 0.25) is 0 Å². The van der Waals surface area contributed by atoms with Crippen molar-refractivity contribution in [3.05, 3.63) is 60.5 Å². The van der Waals surface area contributed by atoms with Gasteiger partial charge in [-0.15, -0.1) is 0 Å². The van der Waals surface area contributed by atoms with Crippen molar-refractivity contribution in [3.8, 4) is 0 Å². The first kappa shape index (κ1) is 11.8. The molecule has 2 heterocycles. The van der Waals surface area contributed by atoms with Gasteiger partial charge >= 0.3 is 0 Å². The monoisotopic (exact) mass is 278 g/mol. The van der Waals surface area contributed by atoms with Gasteiger partial charge in [0.1, 0.15) is 11.3 Å². The molecular formula is C16H11FN4. The first-order chi connectivity index (χ1) is 10.3. The first-order valence-corrected chi connectivity index (χ1v) is 6.56. The minimum Gasteiger partial charge on any atom is -0.338 e. The maximum atomic E-state index is 13.4. The second-order valence-corrected chi connectivity index (χ2v) is 4.77. The third-order valence-electron chi connectivity index (χ3n) is 3.39. The summed E-state index contributed by atoms with van der Waals surface area (Å²) in [5.41, 5.74) is 2.42. The number of benzene rings is 2. The molecule has 0 spiro atoms. The lowest BCUT2D eigenvalue weighted by Gasteiger charge is -2.08. The molecular weight excluding hydrogens is 267 g/mol. The van der Waals surface area contributed by atoms with Crippen LogP contribution < -0.4 is 5.32 Å². The van der Waals surface area contributed by atoms with Gasteiger partial charge in [0, 0.05) is 16.5 Å². The maximum absolute atomic E-state index is 13.4. The van der Waals surface area contributed by atoms with E-state index < -0.39 is 0 Å². The average molecular weight is 278 g/mol. The minimum absolute atomic E-state index is 0.282. The highest BCUT2D eigenvalue weighted by Gasteiger charge is 2.11. The number of hydrogen-bond acceptors (Lipinski definition) is 3. The third kappa shape index (κ3) is 1.99. The van der Waals surface area contributed by atoms with Crippen molar-refractivity contribution >= 4 is 33.3 Å². The molecule has 4 rings (SSSR count). The van der Waals surface area contributed by atoms with Crippen molar-refractivity contribution in [2.45, 2.75) is 0 Å². The summed E-state index contributed by atoms with van der Waals surface area (Å²) in [5.74, 6) is 0.392. The lowest BCUT2D eigenvalue weighted by atomic mass is 10.1.